The zero-order chi connectivity index (χ0) is 13.1. The van der Waals surface area contributed by atoms with Crippen molar-refractivity contribution in [3.05, 3.63) is 46.9 Å². The van der Waals surface area contributed by atoms with Crippen LogP contribution in [0.4, 0.5) is 5.82 Å². The zero-order valence-electron chi connectivity index (χ0n) is 10.4. The molecular formula is C14H14ClN3S. The highest BCUT2D eigenvalue weighted by Gasteiger charge is 2.17. The van der Waals surface area contributed by atoms with Crippen LogP contribution in [0.25, 0.3) is 0 Å². The fourth-order valence-electron chi connectivity index (χ4n) is 2.10. The van der Waals surface area contributed by atoms with E-state index in [4.69, 9.17) is 11.6 Å². The Labute approximate surface area is 121 Å². The van der Waals surface area contributed by atoms with Gasteiger partial charge in [-0.1, -0.05) is 30.3 Å². The van der Waals surface area contributed by atoms with Gasteiger partial charge in [0.05, 0.1) is 10.6 Å². The lowest BCUT2D eigenvalue weighted by atomic mass is 10.2. The number of halogens is 1. The average Bonchev–Trinajstić information content (AvgIpc) is 2.45. The molecule has 1 aliphatic heterocycles. The summed E-state index contributed by atoms with van der Waals surface area (Å²) < 4.78 is 0. The van der Waals surface area contributed by atoms with Crippen LogP contribution in [-0.4, -0.2) is 15.7 Å². The standard InChI is InChI=1S/C14H14ClN3S/c15-14-17-11-7-4-8-19-12(11)13(18-14)16-9-10-5-2-1-3-6-10/h1-3,5-6H,4,7-9H2,(H,16,17,18). The number of anilines is 1. The summed E-state index contributed by atoms with van der Waals surface area (Å²) in [5.74, 6) is 1.99. The van der Waals surface area contributed by atoms with E-state index >= 15 is 0 Å². The van der Waals surface area contributed by atoms with Gasteiger partial charge in [-0.2, -0.15) is 4.98 Å². The van der Waals surface area contributed by atoms with Gasteiger partial charge in [0.25, 0.3) is 0 Å². The first-order valence-electron chi connectivity index (χ1n) is 6.30. The first-order valence-corrected chi connectivity index (χ1v) is 7.66. The number of hydrogen-bond donors (Lipinski definition) is 1. The Kier molecular flexibility index (Phi) is 3.89. The lowest BCUT2D eigenvalue weighted by Crippen LogP contribution is -2.09. The highest BCUT2D eigenvalue weighted by Crippen LogP contribution is 2.34. The Balaban J connectivity index is 1.82. The molecule has 0 amide bonds. The molecule has 19 heavy (non-hydrogen) atoms. The molecule has 0 saturated carbocycles. The number of hydrogen-bond acceptors (Lipinski definition) is 4. The van der Waals surface area contributed by atoms with E-state index in [1.165, 1.54) is 5.56 Å². The van der Waals surface area contributed by atoms with E-state index in [1.54, 1.807) is 0 Å². The van der Waals surface area contributed by atoms with E-state index in [0.717, 1.165) is 41.5 Å². The molecule has 0 spiro atoms. The summed E-state index contributed by atoms with van der Waals surface area (Å²) in [5, 5.41) is 3.70. The zero-order valence-corrected chi connectivity index (χ0v) is 12.0. The van der Waals surface area contributed by atoms with E-state index < -0.39 is 0 Å². The van der Waals surface area contributed by atoms with Crippen LogP contribution in [0.5, 0.6) is 0 Å². The van der Waals surface area contributed by atoms with E-state index in [9.17, 15) is 0 Å². The highest BCUT2D eigenvalue weighted by molar-refractivity contribution is 7.99. The van der Waals surface area contributed by atoms with Crippen LogP contribution in [0.2, 0.25) is 5.28 Å². The summed E-state index contributed by atoms with van der Waals surface area (Å²) in [6.45, 7) is 0.751. The summed E-state index contributed by atoms with van der Waals surface area (Å²) in [7, 11) is 0. The molecular weight excluding hydrogens is 278 g/mol. The minimum Gasteiger partial charge on any atom is -0.365 e. The van der Waals surface area contributed by atoms with Gasteiger partial charge in [0.2, 0.25) is 5.28 Å². The summed E-state index contributed by atoms with van der Waals surface area (Å²) in [6, 6.07) is 10.3. The Morgan fingerprint density at radius 1 is 1.21 bits per heavy atom. The van der Waals surface area contributed by atoms with Crippen molar-refractivity contribution in [3.8, 4) is 0 Å². The third-order valence-corrected chi connectivity index (χ3v) is 4.40. The number of aromatic nitrogens is 2. The summed E-state index contributed by atoms with van der Waals surface area (Å²) in [4.78, 5) is 9.81. The topological polar surface area (TPSA) is 37.8 Å². The van der Waals surface area contributed by atoms with Crippen molar-refractivity contribution in [2.24, 2.45) is 0 Å². The van der Waals surface area contributed by atoms with Gasteiger partial charge in [0.15, 0.2) is 0 Å². The number of aryl methyl sites for hydroxylation is 1. The lowest BCUT2D eigenvalue weighted by Gasteiger charge is -2.18. The van der Waals surface area contributed by atoms with Crippen molar-refractivity contribution in [3.63, 3.8) is 0 Å². The number of benzene rings is 1. The predicted octanol–water partition coefficient (Wildman–Crippen LogP) is 3.78. The molecule has 1 aromatic carbocycles. The predicted molar refractivity (Wildman–Crippen MR) is 79.9 cm³/mol. The molecule has 5 heteroatoms. The minimum absolute atomic E-state index is 0.330. The average molecular weight is 292 g/mol. The normalized spacial score (nSPS) is 13.9. The van der Waals surface area contributed by atoms with Crippen molar-refractivity contribution in [1.29, 1.82) is 0 Å². The maximum Gasteiger partial charge on any atom is 0.224 e. The molecule has 0 fully saturated rings. The third-order valence-electron chi connectivity index (χ3n) is 3.02. The molecule has 2 heterocycles. The molecule has 0 aliphatic carbocycles. The fourth-order valence-corrected chi connectivity index (χ4v) is 3.35. The Hall–Kier alpha value is -1.26. The minimum atomic E-state index is 0.330. The quantitative estimate of drug-likeness (QED) is 0.873. The molecule has 1 aromatic heterocycles. The molecule has 1 aliphatic rings. The van der Waals surface area contributed by atoms with E-state index in [-0.39, 0.29) is 0 Å². The van der Waals surface area contributed by atoms with E-state index in [2.05, 4.69) is 27.4 Å². The molecule has 0 atom stereocenters. The second-order valence-electron chi connectivity index (χ2n) is 4.41. The smallest absolute Gasteiger partial charge is 0.224 e. The maximum absolute atomic E-state index is 5.99. The first kappa shape index (κ1) is 12.8. The van der Waals surface area contributed by atoms with Gasteiger partial charge in [0, 0.05) is 6.54 Å². The number of rotatable bonds is 3. The molecule has 0 unspecified atom stereocenters. The van der Waals surface area contributed by atoms with Gasteiger partial charge < -0.3 is 5.32 Å². The van der Waals surface area contributed by atoms with E-state index in [0.29, 0.717) is 5.28 Å². The Bertz CT molecular complexity index is 574. The highest BCUT2D eigenvalue weighted by atomic mass is 35.5. The molecule has 3 rings (SSSR count). The second-order valence-corrected chi connectivity index (χ2v) is 5.85. The SMILES string of the molecule is Clc1nc2c(c(NCc3ccccc3)n1)SCCC2. The van der Waals surface area contributed by atoms with Crippen molar-refractivity contribution >= 4 is 29.2 Å². The number of thioether (sulfide) groups is 1. The van der Waals surface area contributed by atoms with Gasteiger partial charge in [-0.05, 0) is 35.8 Å². The van der Waals surface area contributed by atoms with Crippen molar-refractivity contribution in [2.75, 3.05) is 11.1 Å². The summed E-state index contributed by atoms with van der Waals surface area (Å²) in [6.07, 6.45) is 2.15. The molecule has 1 N–H and O–H groups in total. The molecule has 0 radical (unpaired) electrons. The summed E-state index contributed by atoms with van der Waals surface area (Å²) >= 11 is 7.81. The van der Waals surface area contributed by atoms with Crippen LogP contribution in [0.3, 0.4) is 0 Å². The number of fused-ring (bicyclic) bond motifs is 1. The fraction of sp³-hybridized carbons (Fsp3) is 0.286. The molecule has 98 valence electrons. The van der Waals surface area contributed by atoms with Crippen LogP contribution < -0.4 is 5.32 Å². The van der Waals surface area contributed by atoms with E-state index in [1.807, 2.05) is 30.0 Å². The van der Waals surface area contributed by atoms with Crippen molar-refractivity contribution in [2.45, 2.75) is 24.3 Å². The Morgan fingerprint density at radius 3 is 2.89 bits per heavy atom. The van der Waals surface area contributed by atoms with Gasteiger partial charge in [0.1, 0.15) is 5.82 Å². The molecule has 0 bridgehead atoms. The third kappa shape index (κ3) is 3.01. The maximum atomic E-state index is 5.99. The Morgan fingerprint density at radius 2 is 2.05 bits per heavy atom. The van der Waals surface area contributed by atoms with Crippen molar-refractivity contribution in [1.82, 2.24) is 9.97 Å². The van der Waals surface area contributed by atoms with Crippen LogP contribution in [0, 0.1) is 0 Å². The molecule has 0 saturated heterocycles. The van der Waals surface area contributed by atoms with Crippen LogP contribution in [-0.2, 0) is 13.0 Å². The van der Waals surface area contributed by atoms with Gasteiger partial charge >= 0.3 is 0 Å². The van der Waals surface area contributed by atoms with Gasteiger partial charge in [-0.3, -0.25) is 0 Å². The number of nitrogens with zero attached hydrogens (tertiary/aromatic N) is 2. The molecule has 2 aromatic rings. The monoisotopic (exact) mass is 291 g/mol. The summed E-state index contributed by atoms with van der Waals surface area (Å²) in [5.41, 5.74) is 2.30. The largest absolute Gasteiger partial charge is 0.365 e. The second kappa shape index (κ2) is 5.80. The van der Waals surface area contributed by atoms with Crippen LogP contribution in [0.1, 0.15) is 17.7 Å². The number of nitrogens with one attached hydrogen (secondary N) is 1. The van der Waals surface area contributed by atoms with Crippen LogP contribution in [0.15, 0.2) is 35.2 Å². The van der Waals surface area contributed by atoms with Crippen molar-refractivity contribution < 1.29 is 0 Å². The van der Waals surface area contributed by atoms with Gasteiger partial charge in [-0.15, -0.1) is 11.8 Å². The van der Waals surface area contributed by atoms with Crippen LogP contribution >= 0.6 is 23.4 Å². The molecule has 3 nitrogen and oxygen atoms in total. The lowest BCUT2D eigenvalue weighted by molar-refractivity contribution is 0.827. The first-order chi connectivity index (χ1) is 9.33. The van der Waals surface area contributed by atoms with Gasteiger partial charge in [-0.25, -0.2) is 4.98 Å².